The molecule has 0 aromatic carbocycles. The first-order chi connectivity index (χ1) is 13.8. The maximum absolute atomic E-state index is 11.8. The largest absolute Gasteiger partial charge is 0.500 e. The molecule has 0 aromatic rings. The fraction of sp³-hybridized carbons (Fsp3) is 0.889. The number of carbonyl (C=O) groups excluding carboxylic acids is 2. The molecule has 2 amide bonds. The molecule has 174 valence electrons. The monoisotopic (exact) mass is 454 g/mol. The Balaban J connectivity index is 0. The third kappa shape index (κ3) is 20.4. The van der Waals surface area contributed by atoms with Crippen LogP contribution in [-0.2, 0) is 18.1 Å². The molecule has 9 nitrogen and oxygen atoms in total. The fourth-order valence-corrected chi connectivity index (χ4v) is 5.12. The van der Waals surface area contributed by atoms with Crippen LogP contribution in [-0.4, -0.2) is 84.9 Å². The summed E-state index contributed by atoms with van der Waals surface area (Å²) < 4.78 is 19.5. The maximum atomic E-state index is 11.8. The number of nitrogens with zero attached hydrogens (tertiary/aromatic N) is 1. The van der Waals surface area contributed by atoms with Crippen LogP contribution in [0.5, 0.6) is 0 Å². The van der Waals surface area contributed by atoms with Crippen molar-refractivity contribution in [1.82, 2.24) is 20.6 Å². The van der Waals surface area contributed by atoms with Crippen LogP contribution in [0.4, 0.5) is 4.79 Å². The molecule has 1 atom stereocenters. The molecular formula is C18H43N4O5PSi. The Kier molecular flexibility index (Phi) is 21.8. The molecule has 0 aliphatic carbocycles. The summed E-state index contributed by atoms with van der Waals surface area (Å²) in [6, 6.07) is 0.551. The lowest BCUT2D eigenvalue weighted by atomic mass is 10.5. The molecule has 0 bridgehead atoms. The van der Waals surface area contributed by atoms with E-state index < -0.39 is 8.80 Å². The Morgan fingerprint density at radius 1 is 0.897 bits per heavy atom. The molecule has 11 heteroatoms. The van der Waals surface area contributed by atoms with Crippen molar-refractivity contribution in [3.8, 4) is 0 Å². The minimum atomic E-state index is -2.61. The van der Waals surface area contributed by atoms with Crippen molar-refractivity contribution in [3.63, 3.8) is 0 Å². The average molecular weight is 455 g/mol. The van der Waals surface area contributed by atoms with Gasteiger partial charge in [0.1, 0.15) is 5.78 Å². The molecular weight excluding hydrogens is 411 g/mol. The Hall–Kier alpha value is -0.613. The van der Waals surface area contributed by atoms with Crippen LogP contribution < -0.4 is 16.0 Å². The van der Waals surface area contributed by atoms with Gasteiger partial charge in [-0.15, -0.1) is 0 Å². The molecule has 0 heterocycles. The van der Waals surface area contributed by atoms with Crippen LogP contribution in [0.25, 0.3) is 0 Å². The summed E-state index contributed by atoms with van der Waals surface area (Å²) in [5, 5.41) is 8.81. The molecule has 0 spiro atoms. The van der Waals surface area contributed by atoms with Crippen molar-refractivity contribution < 1.29 is 22.9 Å². The number of hydrogen-bond donors (Lipinski definition) is 3. The summed E-state index contributed by atoms with van der Waals surface area (Å²) in [4.78, 5) is 21.2. The van der Waals surface area contributed by atoms with Gasteiger partial charge in [0.25, 0.3) is 0 Å². The molecule has 0 radical (unpaired) electrons. The van der Waals surface area contributed by atoms with Crippen molar-refractivity contribution in [1.29, 1.82) is 0 Å². The Morgan fingerprint density at radius 3 is 1.79 bits per heavy atom. The van der Waals surface area contributed by atoms with E-state index in [4.69, 9.17) is 13.3 Å². The van der Waals surface area contributed by atoms with Gasteiger partial charge in [0, 0.05) is 58.6 Å². The summed E-state index contributed by atoms with van der Waals surface area (Å²) in [7, 11) is 1.98. The third-order valence-corrected chi connectivity index (χ3v) is 7.04. The predicted octanol–water partition coefficient (Wildman–Crippen LogP) is 1.63. The second kappa shape index (κ2) is 20.7. The zero-order chi connectivity index (χ0) is 22.5. The van der Waals surface area contributed by atoms with E-state index in [1.165, 1.54) is 13.8 Å². The molecule has 0 saturated heterocycles. The minimum absolute atomic E-state index is 0.150. The number of Topliss-reactive ketones (excluding diaryl/α,β-unsaturated/α-hetero) is 1. The third-order valence-electron chi connectivity index (χ3n) is 3.37. The van der Waals surface area contributed by atoms with E-state index in [2.05, 4.69) is 30.0 Å². The standard InChI is InChI=1S/C15H37N4O4PSi.C3H6O/c1-5-21-25(22-6-2,23-7-3)14-8-9-17-15(20)18-11-13-19(24)12-10-16-4;1-3(2)4/h16H,5-14,24H2,1-4H3,(H2,17,18,20);1-2H3. The SMILES string of the molecule is CC(C)=O.CCO[Si](CCCNC(=O)NCCN(P)CCNC)(OCC)OCC. The van der Waals surface area contributed by atoms with Crippen LogP contribution >= 0.6 is 9.39 Å². The fourth-order valence-electron chi connectivity index (χ4n) is 2.25. The summed E-state index contributed by atoms with van der Waals surface area (Å²) in [6.07, 6.45) is 0.761. The van der Waals surface area contributed by atoms with Crippen molar-refractivity contribution in [2.45, 2.75) is 47.1 Å². The van der Waals surface area contributed by atoms with Crippen LogP contribution in [0.3, 0.4) is 0 Å². The first-order valence-electron chi connectivity index (χ1n) is 10.3. The average Bonchev–Trinajstić information content (AvgIpc) is 2.64. The molecule has 0 aliphatic heterocycles. The van der Waals surface area contributed by atoms with Crippen LogP contribution in [0, 0.1) is 0 Å². The molecule has 0 saturated carbocycles. The summed E-state index contributed by atoms with van der Waals surface area (Å²) in [5.41, 5.74) is 0. The molecule has 0 aromatic heterocycles. The zero-order valence-electron chi connectivity index (χ0n) is 19.1. The van der Waals surface area contributed by atoms with Gasteiger partial charge < -0.3 is 34.0 Å². The minimum Gasteiger partial charge on any atom is -0.374 e. The number of hydrogen-bond acceptors (Lipinski definition) is 7. The van der Waals surface area contributed by atoms with Gasteiger partial charge in [-0.1, -0.05) is 9.39 Å². The van der Waals surface area contributed by atoms with E-state index in [-0.39, 0.29) is 11.8 Å². The van der Waals surface area contributed by atoms with Crippen molar-refractivity contribution in [2.24, 2.45) is 0 Å². The summed E-state index contributed by atoms with van der Waals surface area (Å²) >= 11 is 0. The molecule has 0 rings (SSSR count). The number of nitrogens with one attached hydrogen (secondary N) is 3. The highest BCUT2D eigenvalue weighted by Crippen LogP contribution is 2.17. The first kappa shape index (κ1) is 30.6. The van der Waals surface area contributed by atoms with Gasteiger partial charge in [-0.25, -0.2) is 4.79 Å². The first-order valence-corrected chi connectivity index (χ1v) is 12.8. The molecule has 1 unspecified atom stereocenters. The number of amides is 2. The summed E-state index contributed by atoms with van der Waals surface area (Å²) in [6.45, 7) is 14.4. The predicted molar refractivity (Wildman–Crippen MR) is 123 cm³/mol. The van der Waals surface area contributed by atoms with Gasteiger partial charge in [0.05, 0.1) is 0 Å². The second-order valence-corrected chi connectivity index (χ2v) is 9.78. The van der Waals surface area contributed by atoms with Crippen molar-refractivity contribution in [2.75, 3.05) is 59.6 Å². The number of ketones is 1. The zero-order valence-corrected chi connectivity index (χ0v) is 21.3. The van der Waals surface area contributed by atoms with Gasteiger partial charge in [-0.05, 0) is 48.1 Å². The molecule has 0 aliphatic rings. The Morgan fingerprint density at radius 2 is 1.34 bits per heavy atom. The van der Waals surface area contributed by atoms with Gasteiger partial charge in [-0.2, -0.15) is 0 Å². The lowest BCUT2D eigenvalue weighted by molar-refractivity contribution is -0.115. The van der Waals surface area contributed by atoms with Crippen LogP contribution in [0.2, 0.25) is 6.04 Å². The Labute approximate surface area is 180 Å². The van der Waals surface area contributed by atoms with E-state index in [0.717, 1.165) is 26.1 Å². The van der Waals surface area contributed by atoms with E-state index in [0.29, 0.717) is 39.0 Å². The smallest absolute Gasteiger partial charge is 0.374 e. The van der Waals surface area contributed by atoms with Crippen LogP contribution in [0.15, 0.2) is 0 Å². The highest BCUT2D eigenvalue weighted by molar-refractivity contribution is 7.13. The number of rotatable bonds is 16. The Bertz CT molecular complexity index is 401. The highest BCUT2D eigenvalue weighted by atomic mass is 31.0. The number of likely N-dealkylation sites (N-methyl/N-ethyl adjacent to an activating group) is 1. The molecule has 0 fully saturated rings. The van der Waals surface area contributed by atoms with Crippen molar-refractivity contribution >= 4 is 30.0 Å². The van der Waals surface area contributed by atoms with Gasteiger partial charge in [-0.3, -0.25) is 4.67 Å². The maximum Gasteiger partial charge on any atom is 0.500 e. The van der Waals surface area contributed by atoms with Gasteiger partial charge in [0.2, 0.25) is 0 Å². The quantitative estimate of drug-likeness (QED) is 0.185. The number of urea groups is 1. The van der Waals surface area contributed by atoms with Gasteiger partial charge >= 0.3 is 14.8 Å². The van der Waals surface area contributed by atoms with Crippen molar-refractivity contribution in [3.05, 3.63) is 0 Å². The molecule has 29 heavy (non-hydrogen) atoms. The number of carbonyl (C=O) groups is 2. The topological polar surface area (TPSA) is 101 Å². The molecule has 3 N–H and O–H groups in total. The lowest BCUT2D eigenvalue weighted by Gasteiger charge is -2.28. The lowest BCUT2D eigenvalue weighted by Crippen LogP contribution is -2.46. The van der Waals surface area contributed by atoms with E-state index in [1.807, 2.05) is 27.8 Å². The van der Waals surface area contributed by atoms with Crippen LogP contribution in [0.1, 0.15) is 41.0 Å². The normalized spacial score (nSPS) is 11.0. The highest BCUT2D eigenvalue weighted by Gasteiger charge is 2.39. The summed E-state index contributed by atoms with van der Waals surface area (Å²) in [5.74, 6) is 0.167. The van der Waals surface area contributed by atoms with E-state index in [1.54, 1.807) is 0 Å². The van der Waals surface area contributed by atoms with Gasteiger partial charge in [0.15, 0.2) is 0 Å². The second-order valence-electron chi connectivity index (χ2n) is 6.32. The van der Waals surface area contributed by atoms with E-state index in [9.17, 15) is 9.59 Å². The van der Waals surface area contributed by atoms with E-state index >= 15 is 0 Å².